The van der Waals surface area contributed by atoms with E-state index in [1.165, 1.54) is 14.0 Å². The predicted octanol–water partition coefficient (Wildman–Crippen LogP) is 1.76. The molecule has 3 saturated carbocycles. The number of rotatable bonds is 3. The second kappa shape index (κ2) is 7.55. The SMILES string of the molecule is C=C(C(=O)OC)[C@@H]1C[C@H](O)C2[C@@]3(CC(=O)OC[C@]24[C@@H](OC(C)=O)CCC(C)(C)[C@H]4[C@@H]3O)C1. The van der Waals surface area contributed by atoms with Crippen LogP contribution >= 0.6 is 0 Å². The molecule has 4 rings (SSSR count). The average Bonchev–Trinajstić information content (AvgIpc) is 2.84. The summed E-state index contributed by atoms with van der Waals surface area (Å²) in [5, 5.41) is 23.4. The van der Waals surface area contributed by atoms with Gasteiger partial charge in [-0.3, -0.25) is 9.59 Å². The van der Waals surface area contributed by atoms with Gasteiger partial charge in [0.05, 0.1) is 31.2 Å². The number of hydrogen-bond acceptors (Lipinski definition) is 8. The summed E-state index contributed by atoms with van der Waals surface area (Å²) in [5.41, 5.74) is -2.03. The van der Waals surface area contributed by atoms with Crippen LogP contribution in [0, 0.1) is 34.0 Å². The lowest BCUT2D eigenvalue weighted by molar-refractivity contribution is -0.201. The van der Waals surface area contributed by atoms with Gasteiger partial charge in [-0.15, -0.1) is 0 Å². The maximum Gasteiger partial charge on any atom is 0.333 e. The zero-order chi connectivity index (χ0) is 23.6. The third kappa shape index (κ3) is 3.05. The monoisotopic (exact) mass is 450 g/mol. The first-order chi connectivity index (χ1) is 14.9. The van der Waals surface area contributed by atoms with E-state index in [0.29, 0.717) is 12.8 Å². The third-order valence-corrected chi connectivity index (χ3v) is 8.92. The number of ether oxygens (including phenoxy) is 3. The fraction of sp³-hybridized carbons (Fsp3) is 0.792. The van der Waals surface area contributed by atoms with Crippen LogP contribution < -0.4 is 0 Å². The van der Waals surface area contributed by atoms with Crippen LogP contribution in [0.5, 0.6) is 0 Å². The molecule has 0 aromatic heterocycles. The van der Waals surface area contributed by atoms with Crippen molar-refractivity contribution in [3.05, 3.63) is 12.2 Å². The molecule has 4 fully saturated rings. The highest BCUT2D eigenvalue weighted by molar-refractivity contribution is 5.88. The van der Waals surface area contributed by atoms with E-state index in [1.54, 1.807) is 0 Å². The van der Waals surface area contributed by atoms with Crippen LogP contribution in [0.15, 0.2) is 12.2 Å². The molecule has 0 aromatic rings. The molecule has 4 aliphatic rings. The number of methoxy groups -OCH3 is 1. The van der Waals surface area contributed by atoms with Crippen molar-refractivity contribution in [1.82, 2.24) is 0 Å². The minimum Gasteiger partial charge on any atom is -0.466 e. The summed E-state index contributed by atoms with van der Waals surface area (Å²) < 4.78 is 16.3. The smallest absolute Gasteiger partial charge is 0.333 e. The summed E-state index contributed by atoms with van der Waals surface area (Å²) in [6, 6.07) is 0. The summed E-state index contributed by atoms with van der Waals surface area (Å²) in [6.45, 7) is 9.37. The Morgan fingerprint density at radius 2 is 1.91 bits per heavy atom. The van der Waals surface area contributed by atoms with Crippen LogP contribution in [0.3, 0.4) is 0 Å². The molecule has 0 amide bonds. The molecule has 8 nitrogen and oxygen atoms in total. The molecule has 1 aliphatic heterocycles. The van der Waals surface area contributed by atoms with Crippen LogP contribution in [0.2, 0.25) is 0 Å². The first kappa shape index (κ1) is 23.2. The molecule has 2 N–H and O–H groups in total. The van der Waals surface area contributed by atoms with E-state index in [2.05, 4.69) is 20.4 Å². The van der Waals surface area contributed by atoms with Crippen LogP contribution in [0.25, 0.3) is 0 Å². The van der Waals surface area contributed by atoms with E-state index in [-0.39, 0.29) is 36.4 Å². The zero-order valence-corrected chi connectivity index (χ0v) is 19.3. The standard InChI is InChI=1S/C24H34O8/c1-12(21(29)30-5)14-8-15(26)18-23(9-14)10-17(27)31-11-24(18)16(32-13(2)25)6-7-22(3,4)19(24)20(23)28/h14-16,18-20,26,28H,1,6-11H2,2-5H3/t14-,15+,16+,18?,19-,20+,23+,24+/m1/s1. The van der Waals surface area contributed by atoms with Gasteiger partial charge in [-0.05, 0) is 37.0 Å². The lowest BCUT2D eigenvalue weighted by atomic mass is 9.51. The minimum absolute atomic E-state index is 0.0129. The van der Waals surface area contributed by atoms with Crippen molar-refractivity contribution < 1.29 is 38.8 Å². The Morgan fingerprint density at radius 3 is 2.53 bits per heavy atom. The van der Waals surface area contributed by atoms with Gasteiger partial charge in [0.1, 0.15) is 12.7 Å². The molecular weight excluding hydrogens is 416 g/mol. The molecule has 3 aliphatic carbocycles. The highest BCUT2D eigenvalue weighted by Gasteiger charge is 2.78. The van der Waals surface area contributed by atoms with E-state index < -0.39 is 58.9 Å². The average molecular weight is 451 g/mol. The largest absolute Gasteiger partial charge is 0.466 e. The van der Waals surface area contributed by atoms with Crippen LogP contribution in [0.4, 0.5) is 0 Å². The summed E-state index contributed by atoms with van der Waals surface area (Å²) >= 11 is 0. The van der Waals surface area contributed by atoms with Gasteiger partial charge in [0, 0.05) is 29.7 Å². The molecule has 0 aromatic carbocycles. The van der Waals surface area contributed by atoms with Crippen molar-refractivity contribution in [1.29, 1.82) is 0 Å². The zero-order valence-electron chi connectivity index (χ0n) is 19.3. The molecule has 1 unspecified atom stereocenters. The van der Waals surface area contributed by atoms with Gasteiger partial charge in [-0.2, -0.15) is 0 Å². The third-order valence-electron chi connectivity index (χ3n) is 8.92. The van der Waals surface area contributed by atoms with Crippen molar-refractivity contribution >= 4 is 17.9 Å². The van der Waals surface area contributed by atoms with Crippen LogP contribution in [-0.4, -0.2) is 60.1 Å². The fourth-order valence-electron chi connectivity index (χ4n) is 8.00. The molecule has 8 atom stereocenters. The molecule has 1 heterocycles. The fourth-order valence-corrected chi connectivity index (χ4v) is 8.00. The van der Waals surface area contributed by atoms with Gasteiger partial charge in [0.25, 0.3) is 0 Å². The summed E-state index contributed by atoms with van der Waals surface area (Å²) in [6.07, 6.45) is -0.677. The van der Waals surface area contributed by atoms with Crippen molar-refractivity contribution in [2.24, 2.45) is 34.0 Å². The van der Waals surface area contributed by atoms with Crippen LogP contribution in [-0.2, 0) is 28.6 Å². The van der Waals surface area contributed by atoms with E-state index in [1.807, 2.05) is 0 Å². The number of carbonyl (C=O) groups is 3. The molecule has 178 valence electrons. The Kier molecular flexibility index (Phi) is 5.48. The van der Waals surface area contributed by atoms with Crippen molar-refractivity contribution in [3.63, 3.8) is 0 Å². The topological polar surface area (TPSA) is 119 Å². The maximum atomic E-state index is 12.8. The van der Waals surface area contributed by atoms with Crippen LogP contribution in [0.1, 0.15) is 52.9 Å². The number of aliphatic hydroxyl groups is 2. The van der Waals surface area contributed by atoms with Gasteiger partial charge < -0.3 is 24.4 Å². The Balaban J connectivity index is 1.89. The summed E-state index contributed by atoms with van der Waals surface area (Å²) in [5.74, 6) is -2.77. The highest BCUT2D eigenvalue weighted by atomic mass is 16.6. The number of hydrogen-bond donors (Lipinski definition) is 2. The Labute approximate surface area is 188 Å². The number of cyclic esters (lactones) is 1. The minimum atomic E-state index is -1.02. The Hall–Kier alpha value is -1.93. The van der Waals surface area contributed by atoms with Gasteiger partial charge in [0.2, 0.25) is 0 Å². The highest BCUT2D eigenvalue weighted by Crippen LogP contribution is 2.73. The normalized spacial score (nSPS) is 44.4. The molecule has 8 heteroatoms. The number of carbonyl (C=O) groups excluding carboxylic acids is 3. The van der Waals surface area contributed by atoms with Crippen molar-refractivity contribution in [2.75, 3.05) is 13.7 Å². The molecule has 1 saturated heterocycles. The number of aliphatic hydroxyl groups excluding tert-OH is 2. The predicted molar refractivity (Wildman–Crippen MR) is 112 cm³/mol. The quantitative estimate of drug-likeness (QED) is 0.379. The van der Waals surface area contributed by atoms with Gasteiger partial charge in [-0.1, -0.05) is 20.4 Å². The van der Waals surface area contributed by atoms with E-state index in [9.17, 15) is 24.6 Å². The lowest BCUT2D eigenvalue weighted by Crippen LogP contribution is -2.60. The second-order valence-electron chi connectivity index (χ2n) is 10.9. The summed E-state index contributed by atoms with van der Waals surface area (Å²) in [4.78, 5) is 37.0. The molecular formula is C24H34O8. The van der Waals surface area contributed by atoms with Gasteiger partial charge >= 0.3 is 17.9 Å². The van der Waals surface area contributed by atoms with E-state index >= 15 is 0 Å². The van der Waals surface area contributed by atoms with E-state index in [4.69, 9.17) is 14.2 Å². The van der Waals surface area contributed by atoms with E-state index in [0.717, 1.165) is 6.42 Å². The maximum absolute atomic E-state index is 12.8. The molecule has 0 radical (unpaired) electrons. The second-order valence-corrected chi connectivity index (χ2v) is 10.9. The van der Waals surface area contributed by atoms with Crippen molar-refractivity contribution in [2.45, 2.75) is 71.2 Å². The lowest BCUT2D eigenvalue weighted by Gasteiger charge is -2.55. The van der Waals surface area contributed by atoms with Gasteiger partial charge in [0.15, 0.2) is 0 Å². The molecule has 2 bridgehead atoms. The first-order valence-electron chi connectivity index (χ1n) is 11.4. The first-order valence-corrected chi connectivity index (χ1v) is 11.4. The Bertz CT molecular complexity index is 849. The Morgan fingerprint density at radius 1 is 1.22 bits per heavy atom. The molecule has 1 spiro atoms. The summed E-state index contributed by atoms with van der Waals surface area (Å²) in [7, 11) is 1.27. The molecule has 32 heavy (non-hydrogen) atoms. The number of esters is 3. The van der Waals surface area contributed by atoms with Crippen molar-refractivity contribution in [3.8, 4) is 0 Å². The van der Waals surface area contributed by atoms with Gasteiger partial charge in [-0.25, -0.2) is 4.79 Å².